The number of carbonyl (C=O) groups excluding carboxylic acids is 2. The SMILES string of the molecule is CC(C)C(O)C(=O)NCc1ccnc(CNC(=O)c2cc3ccccc3o2)c1. The lowest BCUT2D eigenvalue weighted by Crippen LogP contribution is -2.37. The summed E-state index contributed by atoms with van der Waals surface area (Å²) in [4.78, 5) is 28.4. The number of para-hydroxylation sites is 1. The van der Waals surface area contributed by atoms with Gasteiger partial charge in [-0.15, -0.1) is 0 Å². The monoisotopic (exact) mass is 381 g/mol. The number of hydrogen-bond acceptors (Lipinski definition) is 5. The Balaban J connectivity index is 1.57. The average molecular weight is 381 g/mol. The van der Waals surface area contributed by atoms with Gasteiger partial charge in [0, 0.05) is 18.1 Å². The van der Waals surface area contributed by atoms with E-state index in [9.17, 15) is 14.7 Å². The lowest BCUT2D eigenvalue weighted by Gasteiger charge is -2.14. The molecule has 1 aromatic carbocycles. The molecule has 0 aliphatic rings. The van der Waals surface area contributed by atoms with E-state index in [1.807, 2.05) is 24.3 Å². The molecule has 28 heavy (non-hydrogen) atoms. The van der Waals surface area contributed by atoms with Crippen LogP contribution in [0.3, 0.4) is 0 Å². The quantitative estimate of drug-likeness (QED) is 0.583. The number of benzene rings is 1. The van der Waals surface area contributed by atoms with Crippen molar-refractivity contribution in [2.24, 2.45) is 5.92 Å². The molecule has 0 spiro atoms. The van der Waals surface area contributed by atoms with Crippen molar-refractivity contribution in [2.45, 2.75) is 33.0 Å². The molecule has 0 aliphatic carbocycles. The van der Waals surface area contributed by atoms with Crippen LogP contribution in [-0.4, -0.2) is 28.0 Å². The summed E-state index contributed by atoms with van der Waals surface area (Å²) in [5.41, 5.74) is 2.14. The topological polar surface area (TPSA) is 104 Å². The number of carbonyl (C=O) groups is 2. The maximum absolute atomic E-state index is 12.3. The molecule has 7 heteroatoms. The third kappa shape index (κ3) is 4.75. The summed E-state index contributed by atoms with van der Waals surface area (Å²) in [6.07, 6.45) is 0.577. The smallest absolute Gasteiger partial charge is 0.287 e. The van der Waals surface area contributed by atoms with E-state index in [0.717, 1.165) is 10.9 Å². The lowest BCUT2D eigenvalue weighted by atomic mass is 10.1. The van der Waals surface area contributed by atoms with Crippen molar-refractivity contribution >= 4 is 22.8 Å². The largest absolute Gasteiger partial charge is 0.451 e. The van der Waals surface area contributed by atoms with Crippen LogP contribution in [0.5, 0.6) is 0 Å². The molecular weight excluding hydrogens is 358 g/mol. The van der Waals surface area contributed by atoms with Gasteiger partial charge >= 0.3 is 0 Å². The van der Waals surface area contributed by atoms with Crippen LogP contribution in [-0.2, 0) is 17.9 Å². The summed E-state index contributed by atoms with van der Waals surface area (Å²) in [6.45, 7) is 4.06. The fourth-order valence-corrected chi connectivity index (χ4v) is 2.68. The van der Waals surface area contributed by atoms with Crippen LogP contribution >= 0.6 is 0 Å². The van der Waals surface area contributed by atoms with Crippen LogP contribution < -0.4 is 10.6 Å². The number of hydrogen-bond donors (Lipinski definition) is 3. The van der Waals surface area contributed by atoms with Crippen molar-refractivity contribution in [3.63, 3.8) is 0 Å². The molecule has 0 aliphatic heterocycles. The Morgan fingerprint density at radius 2 is 1.89 bits per heavy atom. The first-order chi connectivity index (χ1) is 13.4. The number of amides is 2. The third-order valence-electron chi connectivity index (χ3n) is 4.33. The highest BCUT2D eigenvalue weighted by Crippen LogP contribution is 2.18. The van der Waals surface area contributed by atoms with Gasteiger partial charge in [0.05, 0.1) is 12.2 Å². The number of pyridine rings is 1. The summed E-state index contributed by atoms with van der Waals surface area (Å²) in [5, 5.41) is 16.1. The van der Waals surface area contributed by atoms with Gasteiger partial charge in [0.25, 0.3) is 5.91 Å². The van der Waals surface area contributed by atoms with Crippen LogP contribution in [0.15, 0.2) is 53.1 Å². The highest BCUT2D eigenvalue weighted by Gasteiger charge is 2.18. The van der Waals surface area contributed by atoms with Gasteiger partial charge in [-0.25, -0.2) is 0 Å². The molecule has 0 fully saturated rings. The number of nitrogens with zero attached hydrogens (tertiary/aromatic N) is 1. The molecule has 3 aromatic rings. The Hall–Kier alpha value is -3.19. The average Bonchev–Trinajstić information content (AvgIpc) is 3.14. The van der Waals surface area contributed by atoms with E-state index >= 15 is 0 Å². The Kier molecular flexibility index (Phi) is 6.06. The summed E-state index contributed by atoms with van der Waals surface area (Å²) >= 11 is 0. The molecule has 3 rings (SSSR count). The number of furan rings is 1. The Morgan fingerprint density at radius 3 is 2.64 bits per heavy atom. The molecule has 2 amide bonds. The maximum Gasteiger partial charge on any atom is 0.287 e. The molecule has 0 saturated heterocycles. The second-order valence-electron chi connectivity index (χ2n) is 6.89. The van der Waals surface area contributed by atoms with Crippen LogP contribution in [0.4, 0.5) is 0 Å². The van der Waals surface area contributed by atoms with Crippen LogP contribution in [0.2, 0.25) is 0 Å². The van der Waals surface area contributed by atoms with Gasteiger partial charge in [-0.1, -0.05) is 32.0 Å². The molecule has 1 unspecified atom stereocenters. The normalized spacial score (nSPS) is 12.1. The first kappa shape index (κ1) is 19.6. The van der Waals surface area contributed by atoms with Gasteiger partial charge in [0.1, 0.15) is 11.7 Å². The van der Waals surface area contributed by atoms with Gasteiger partial charge in [0.15, 0.2) is 5.76 Å². The van der Waals surface area contributed by atoms with Gasteiger partial charge in [-0.05, 0) is 35.7 Å². The van der Waals surface area contributed by atoms with Crippen molar-refractivity contribution in [3.05, 3.63) is 65.7 Å². The number of aliphatic hydroxyl groups is 1. The van der Waals surface area contributed by atoms with E-state index < -0.39 is 12.0 Å². The number of rotatable bonds is 7. The standard InChI is InChI=1S/C21H23N3O4/c1-13(2)19(25)21(27)23-11-14-7-8-22-16(9-14)12-24-20(26)18-10-15-5-3-4-6-17(15)28-18/h3-10,13,19,25H,11-12H2,1-2H3,(H,23,27)(H,24,26). The minimum absolute atomic E-state index is 0.151. The molecule has 146 valence electrons. The van der Waals surface area contributed by atoms with Crippen LogP contribution in [0.25, 0.3) is 11.0 Å². The highest BCUT2D eigenvalue weighted by atomic mass is 16.3. The Labute approximate surface area is 162 Å². The molecule has 0 radical (unpaired) electrons. The number of aliphatic hydroxyl groups excluding tert-OH is 1. The van der Waals surface area contributed by atoms with E-state index in [1.165, 1.54) is 0 Å². The Bertz CT molecular complexity index is 947. The van der Waals surface area contributed by atoms with Gasteiger partial charge in [-0.2, -0.15) is 0 Å². The van der Waals surface area contributed by atoms with Gasteiger partial charge in [0.2, 0.25) is 5.91 Å². The summed E-state index contributed by atoms with van der Waals surface area (Å²) in [5.74, 6) is -0.642. The maximum atomic E-state index is 12.3. The van der Waals surface area contributed by atoms with Gasteiger partial charge in [-0.3, -0.25) is 14.6 Å². The minimum atomic E-state index is -1.04. The highest BCUT2D eigenvalue weighted by molar-refractivity contribution is 5.96. The second-order valence-corrected chi connectivity index (χ2v) is 6.89. The van der Waals surface area contributed by atoms with Crippen molar-refractivity contribution in [3.8, 4) is 0 Å². The predicted octanol–water partition coefficient (Wildman–Crippen LogP) is 2.39. The lowest BCUT2D eigenvalue weighted by molar-refractivity contribution is -0.131. The summed E-state index contributed by atoms with van der Waals surface area (Å²) < 4.78 is 5.54. The fraction of sp³-hybridized carbons (Fsp3) is 0.286. The molecule has 3 N–H and O–H groups in total. The zero-order valence-corrected chi connectivity index (χ0v) is 15.8. The molecule has 2 aromatic heterocycles. The van der Waals surface area contributed by atoms with Crippen LogP contribution in [0, 0.1) is 5.92 Å². The van der Waals surface area contributed by atoms with Crippen molar-refractivity contribution < 1.29 is 19.1 Å². The summed E-state index contributed by atoms with van der Waals surface area (Å²) in [6, 6.07) is 12.7. The van der Waals surface area contributed by atoms with E-state index in [1.54, 1.807) is 38.2 Å². The fourth-order valence-electron chi connectivity index (χ4n) is 2.68. The van der Waals surface area contributed by atoms with E-state index in [0.29, 0.717) is 11.3 Å². The summed E-state index contributed by atoms with van der Waals surface area (Å²) in [7, 11) is 0. The molecule has 7 nitrogen and oxygen atoms in total. The Morgan fingerprint density at radius 1 is 1.11 bits per heavy atom. The molecule has 1 atom stereocenters. The third-order valence-corrected chi connectivity index (χ3v) is 4.33. The van der Waals surface area contributed by atoms with Crippen molar-refractivity contribution in [2.75, 3.05) is 0 Å². The first-order valence-corrected chi connectivity index (χ1v) is 9.10. The van der Waals surface area contributed by atoms with Crippen LogP contribution in [0.1, 0.15) is 35.7 Å². The number of nitrogens with one attached hydrogen (secondary N) is 2. The zero-order valence-electron chi connectivity index (χ0n) is 15.8. The molecule has 0 bridgehead atoms. The molecular formula is C21H23N3O4. The van der Waals surface area contributed by atoms with Gasteiger partial charge < -0.3 is 20.2 Å². The number of fused-ring (bicyclic) bond motifs is 1. The molecule has 0 saturated carbocycles. The minimum Gasteiger partial charge on any atom is -0.451 e. The molecule has 2 heterocycles. The first-order valence-electron chi connectivity index (χ1n) is 9.10. The zero-order chi connectivity index (χ0) is 20.1. The number of aromatic nitrogens is 1. The predicted molar refractivity (Wildman–Crippen MR) is 104 cm³/mol. The van der Waals surface area contributed by atoms with Crippen molar-refractivity contribution in [1.82, 2.24) is 15.6 Å². The van der Waals surface area contributed by atoms with E-state index in [4.69, 9.17) is 4.42 Å². The van der Waals surface area contributed by atoms with E-state index in [2.05, 4.69) is 15.6 Å². The second kappa shape index (κ2) is 8.67. The van der Waals surface area contributed by atoms with E-state index in [-0.39, 0.29) is 30.7 Å². The van der Waals surface area contributed by atoms with Crippen molar-refractivity contribution in [1.29, 1.82) is 0 Å².